The van der Waals surface area contributed by atoms with Gasteiger partial charge in [-0.2, -0.15) is 0 Å². The van der Waals surface area contributed by atoms with Crippen LogP contribution in [0.1, 0.15) is 30.9 Å². The maximum Gasteiger partial charge on any atom is 0.264 e. The van der Waals surface area contributed by atoms with Crippen molar-refractivity contribution in [3.05, 3.63) is 128 Å². The zero-order valence-electron chi connectivity index (χ0n) is 25.0. The summed E-state index contributed by atoms with van der Waals surface area (Å²) in [4.78, 5) is 29.7. The molecule has 0 saturated heterocycles. The van der Waals surface area contributed by atoms with Crippen LogP contribution in [-0.2, 0) is 32.6 Å². The van der Waals surface area contributed by atoms with Gasteiger partial charge in [-0.1, -0.05) is 114 Å². The van der Waals surface area contributed by atoms with E-state index in [1.54, 1.807) is 36.4 Å². The molecule has 12 heteroatoms. The largest absolute Gasteiger partial charge is 0.354 e. The Morgan fingerprint density at radius 1 is 0.804 bits per heavy atom. The lowest BCUT2D eigenvalue weighted by Crippen LogP contribution is -2.53. The van der Waals surface area contributed by atoms with Gasteiger partial charge in [0.25, 0.3) is 10.0 Å². The standard InChI is InChI=1S/C34H33Cl4N3O4S/c1-2-3-18-39-34(43)32(19-24-10-6-4-7-11-24)40(22-25-14-15-26(35)20-29(25)37)33(42)23-41(31-17-16-27(36)21-30(31)38)46(44,45)28-12-8-5-9-13-28/h4-17,20-21,32H,2-3,18-19,22-23H2,1H3,(H,39,43). The summed E-state index contributed by atoms with van der Waals surface area (Å²) in [6, 6.07) is 25.2. The van der Waals surface area contributed by atoms with Gasteiger partial charge in [0.15, 0.2) is 0 Å². The van der Waals surface area contributed by atoms with E-state index in [1.807, 2.05) is 37.3 Å². The molecule has 7 nitrogen and oxygen atoms in total. The molecule has 0 heterocycles. The summed E-state index contributed by atoms with van der Waals surface area (Å²) in [5.74, 6) is -1.03. The average Bonchev–Trinajstić information content (AvgIpc) is 3.03. The van der Waals surface area contributed by atoms with Crippen LogP contribution >= 0.6 is 46.4 Å². The van der Waals surface area contributed by atoms with Crippen LogP contribution in [0.15, 0.2) is 102 Å². The van der Waals surface area contributed by atoms with Crippen molar-refractivity contribution >= 4 is 73.9 Å². The Balaban J connectivity index is 1.83. The molecule has 1 N–H and O–H groups in total. The van der Waals surface area contributed by atoms with Gasteiger partial charge in [0.05, 0.1) is 15.6 Å². The predicted molar refractivity (Wildman–Crippen MR) is 186 cm³/mol. The molecule has 0 fully saturated rings. The third-order valence-corrected chi connectivity index (χ3v) is 10.1. The number of sulfonamides is 1. The highest BCUT2D eigenvalue weighted by Gasteiger charge is 2.35. The molecule has 0 aromatic heterocycles. The number of hydrogen-bond donors (Lipinski definition) is 1. The Morgan fingerprint density at radius 3 is 2.02 bits per heavy atom. The first kappa shape index (κ1) is 35.6. The topological polar surface area (TPSA) is 86.8 Å². The predicted octanol–water partition coefficient (Wildman–Crippen LogP) is 8.05. The molecule has 0 bridgehead atoms. The van der Waals surface area contributed by atoms with E-state index in [2.05, 4.69) is 5.32 Å². The average molecular weight is 722 g/mol. The molecule has 4 aromatic carbocycles. The van der Waals surface area contributed by atoms with Crippen LogP contribution in [0.25, 0.3) is 0 Å². The highest BCUT2D eigenvalue weighted by Crippen LogP contribution is 2.33. The van der Waals surface area contributed by atoms with Gasteiger partial charge in [-0.15, -0.1) is 0 Å². The number of benzene rings is 4. The summed E-state index contributed by atoms with van der Waals surface area (Å²) < 4.78 is 29.1. The Labute approximate surface area is 290 Å². The summed E-state index contributed by atoms with van der Waals surface area (Å²) in [7, 11) is -4.31. The van der Waals surface area contributed by atoms with Crippen LogP contribution in [-0.4, -0.2) is 44.3 Å². The fraction of sp³-hybridized carbons (Fsp3) is 0.235. The normalized spacial score (nSPS) is 11.9. The van der Waals surface area contributed by atoms with E-state index in [4.69, 9.17) is 46.4 Å². The number of nitrogens with zero attached hydrogens (tertiary/aromatic N) is 2. The van der Waals surface area contributed by atoms with Crippen molar-refractivity contribution in [1.82, 2.24) is 10.2 Å². The first-order chi connectivity index (χ1) is 22.0. The van der Waals surface area contributed by atoms with Crippen molar-refractivity contribution in [1.29, 1.82) is 0 Å². The van der Waals surface area contributed by atoms with E-state index in [0.717, 1.165) is 22.7 Å². The van der Waals surface area contributed by atoms with Crippen LogP contribution in [0.2, 0.25) is 20.1 Å². The molecular weight excluding hydrogens is 688 g/mol. The SMILES string of the molecule is CCCCNC(=O)C(Cc1ccccc1)N(Cc1ccc(Cl)cc1Cl)C(=O)CN(c1ccc(Cl)cc1Cl)S(=O)(=O)c1ccccc1. The smallest absolute Gasteiger partial charge is 0.264 e. The lowest BCUT2D eigenvalue weighted by Gasteiger charge is -2.34. The monoisotopic (exact) mass is 719 g/mol. The summed E-state index contributed by atoms with van der Waals surface area (Å²) >= 11 is 25.4. The van der Waals surface area contributed by atoms with E-state index >= 15 is 0 Å². The summed E-state index contributed by atoms with van der Waals surface area (Å²) in [6.45, 7) is 1.66. The van der Waals surface area contributed by atoms with Crippen molar-refractivity contribution in [3.8, 4) is 0 Å². The van der Waals surface area contributed by atoms with E-state index in [-0.39, 0.29) is 34.5 Å². The van der Waals surface area contributed by atoms with E-state index in [1.165, 1.54) is 35.2 Å². The number of amides is 2. The number of nitrogens with one attached hydrogen (secondary N) is 1. The van der Waals surface area contributed by atoms with Crippen LogP contribution in [0, 0.1) is 0 Å². The fourth-order valence-electron chi connectivity index (χ4n) is 4.81. The third kappa shape index (κ3) is 9.17. The quantitative estimate of drug-likeness (QED) is 0.134. The van der Waals surface area contributed by atoms with Gasteiger partial charge in [0, 0.05) is 34.6 Å². The fourth-order valence-corrected chi connectivity index (χ4v) is 7.29. The van der Waals surface area contributed by atoms with Gasteiger partial charge < -0.3 is 10.2 Å². The lowest BCUT2D eigenvalue weighted by molar-refractivity contribution is -0.140. The van der Waals surface area contributed by atoms with Gasteiger partial charge in [0.2, 0.25) is 11.8 Å². The molecule has 4 rings (SSSR count). The van der Waals surface area contributed by atoms with E-state index in [0.29, 0.717) is 27.2 Å². The van der Waals surface area contributed by atoms with Crippen molar-refractivity contribution in [2.45, 2.75) is 43.7 Å². The molecule has 0 spiro atoms. The van der Waals surface area contributed by atoms with Crippen molar-refractivity contribution < 1.29 is 18.0 Å². The van der Waals surface area contributed by atoms with Crippen LogP contribution < -0.4 is 9.62 Å². The molecule has 0 aliphatic carbocycles. The van der Waals surface area contributed by atoms with Crippen molar-refractivity contribution in [2.24, 2.45) is 0 Å². The second kappa shape index (κ2) is 16.5. The van der Waals surface area contributed by atoms with Crippen LogP contribution in [0.4, 0.5) is 5.69 Å². The highest BCUT2D eigenvalue weighted by molar-refractivity contribution is 7.92. The Bertz CT molecular complexity index is 1760. The number of halogens is 4. The summed E-state index contributed by atoms with van der Waals surface area (Å²) in [5, 5.41) is 3.98. The van der Waals surface area contributed by atoms with Gasteiger partial charge in [-0.3, -0.25) is 13.9 Å². The number of anilines is 1. The minimum absolute atomic E-state index is 0.0326. The van der Waals surface area contributed by atoms with Gasteiger partial charge >= 0.3 is 0 Å². The Hall–Kier alpha value is -3.27. The molecule has 0 aliphatic rings. The molecule has 1 unspecified atom stereocenters. The highest BCUT2D eigenvalue weighted by atomic mass is 35.5. The second-order valence-electron chi connectivity index (χ2n) is 10.5. The minimum atomic E-state index is -4.31. The maximum absolute atomic E-state index is 14.5. The van der Waals surface area contributed by atoms with Crippen LogP contribution in [0.5, 0.6) is 0 Å². The van der Waals surface area contributed by atoms with Gasteiger partial charge in [-0.25, -0.2) is 8.42 Å². The molecule has 4 aromatic rings. The molecular formula is C34H33Cl4N3O4S. The molecule has 2 amide bonds. The summed E-state index contributed by atoms with van der Waals surface area (Å²) in [5.41, 5.74) is 1.40. The van der Waals surface area contributed by atoms with Gasteiger partial charge in [-0.05, 0) is 60.0 Å². The van der Waals surface area contributed by atoms with E-state index < -0.39 is 28.5 Å². The minimum Gasteiger partial charge on any atom is -0.354 e. The molecule has 0 saturated carbocycles. The van der Waals surface area contributed by atoms with Gasteiger partial charge in [0.1, 0.15) is 12.6 Å². The molecule has 46 heavy (non-hydrogen) atoms. The van der Waals surface area contributed by atoms with Crippen LogP contribution in [0.3, 0.4) is 0 Å². The molecule has 0 radical (unpaired) electrons. The van der Waals surface area contributed by atoms with Crippen molar-refractivity contribution in [3.63, 3.8) is 0 Å². The lowest BCUT2D eigenvalue weighted by atomic mass is 10.0. The first-order valence-electron chi connectivity index (χ1n) is 14.6. The number of unbranched alkanes of at least 4 members (excludes halogenated alkanes) is 1. The van der Waals surface area contributed by atoms with Crippen molar-refractivity contribution in [2.75, 3.05) is 17.4 Å². The number of hydrogen-bond acceptors (Lipinski definition) is 4. The number of carbonyl (C=O) groups is 2. The zero-order valence-corrected chi connectivity index (χ0v) is 28.8. The molecule has 1 atom stereocenters. The zero-order chi connectivity index (χ0) is 33.3. The molecule has 242 valence electrons. The Morgan fingerprint density at radius 2 is 1.41 bits per heavy atom. The Kier molecular flexibility index (Phi) is 12.8. The molecule has 0 aliphatic heterocycles. The third-order valence-electron chi connectivity index (χ3n) is 7.24. The van der Waals surface area contributed by atoms with E-state index in [9.17, 15) is 18.0 Å². The number of carbonyl (C=O) groups excluding carboxylic acids is 2. The second-order valence-corrected chi connectivity index (χ2v) is 14.1. The first-order valence-corrected chi connectivity index (χ1v) is 17.5. The summed E-state index contributed by atoms with van der Waals surface area (Å²) in [6.07, 6.45) is 1.78. The number of rotatable bonds is 14. The maximum atomic E-state index is 14.5.